The molecule has 0 unspecified atom stereocenters. The summed E-state index contributed by atoms with van der Waals surface area (Å²) in [6, 6.07) is 4.62. The summed E-state index contributed by atoms with van der Waals surface area (Å²) in [5.74, 6) is -1.80. The van der Waals surface area contributed by atoms with Crippen molar-refractivity contribution in [3.05, 3.63) is 57.9 Å². The van der Waals surface area contributed by atoms with Crippen LogP contribution in [0.25, 0.3) is 0 Å². The largest absolute Gasteiger partial charge is 0.487 e. The quantitative estimate of drug-likeness (QED) is 0.237. The van der Waals surface area contributed by atoms with Crippen LogP contribution in [0.2, 0.25) is 0 Å². The molecule has 0 saturated carbocycles. The fourth-order valence-corrected chi connectivity index (χ4v) is 4.64. The number of aromatic nitrogens is 1. The van der Waals surface area contributed by atoms with Gasteiger partial charge in [0.25, 0.3) is 5.91 Å². The van der Waals surface area contributed by atoms with Crippen LogP contribution in [-0.2, 0) is 0 Å². The number of benzene rings is 1. The molecule has 3 rings (SSSR count). The number of ether oxygens (including phenoxy) is 1. The Morgan fingerprint density at radius 1 is 1.11 bits per heavy atom. The molecule has 0 aliphatic carbocycles. The van der Waals surface area contributed by atoms with Crippen molar-refractivity contribution in [3.63, 3.8) is 0 Å². The number of nitrogens with zero attached hydrogens (tertiary/aromatic N) is 4. The van der Waals surface area contributed by atoms with Crippen molar-refractivity contribution in [3.8, 4) is 5.75 Å². The van der Waals surface area contributed by atoms with Crippen molar-refractivity contribution in [2.45, 2.75) is 29.4 Å². The first-order valence-electron chi connectivity index (χ1n) is 11.5. The van der Waals surface area contributed by atoms with E-state index >= 15 is 0 Å². The highest BCUT2D eigenvalue weighted by atomic mass is 19.1. The lowest BCUT2D eigenvalue weighted by Crippen LogP contribution is -2.66. The third-order valence-corrected chi connectivity index (χ3v) is 5.79. The fourth-order valence-electron chi connectivity index (χ4n) is 4.64. The Morgan fingerprint density at radius 2 is 1.71 bits per heavy atom. The Labute approximate surface area is 208 Å². The molecule has 2 aromatic rings. The molecule has 0 radical (unpaired) electrons. The maximum Gasteiger partial charge on any atom is 0.310 e. The van der Waals surface area contributed by atoms with Crippen LogP contribution >= 0.6 is 0 Å². The van der Waals surface area contributed by atoms with E-state index in [0.717, 1.165) is 18.3 Å². The Bertz CT molecular complexity index is 1110. The molecular weight excluding hydrogens is 451 g/mol. The third-order valence-electron chi connectivity index (χ3n) is 5.79. The maximum absolute atomic E-state index is 13.9. The molecule has 1 aliphatic rings. The second-order valence-corrected chi connectivity index (χ2v) is 10.7. The summed E-state index contributed by atoms with van der Waals surface area (Å²) in [4.78, 5) is 32.3. The van der Waals surface area contributed by atoms with E-state index in [-0.39, 0.29) is 29.1 Å². The van der Waals surface area contributed by atoms with Gasteiger partial charge in [-0.15, -0.1) is 0 Å². The van der Waals surface area contributed by atoms with Gasteiger partial charge in [0.15, 0.2) is 11.6 Å². The lowest BCUT2D eigenvalue weighted by Gasteiger charge is -2.47. The van der Waals surface area contributed by atoms with Crippen molar-refractivity contribution in [1.82, 2.24) is 9.88 Å². The average molecular weight is 477 g/mol. The molecule has 1 aliphatic heterocycles. The molecule has 16 heteroatoms. The molecule has 0 spiro atoms. The Morgan fingerprint density at radius 3 is 2.23 bits per heavy atom. The van der Waals surface area contributed by atoms with E-state index < -0.39 is 27.0 Å². The minimum absolute atomic E-state index is 0.0305. The summed E-state index contributed by atoms with van der Waals surface area (Å²) >= 11 is 0. The van der Waals surface area contributed by atoms with Crippen LogP contribution in [0.3, 0.4) is 0 Å². The first-order valence-corrected chi connectivity index (χ1v) is 11.5. The molecule has 8 nitrogen and oxygen atoms in total. The molecule has 1 fully saturated rings. The molecule has 0 N–H and O–H groups in total. The topological polar surface area (TPSA) is 88.8 Å². The summed E-state index contributed by atoms with van der Waals surface area (Å²) < 4.78 is 32.8. The average Bonchev–Trinajstić information content (AvgIpc) is 2.73. The minimum atomic E-state index is -0.775. The molecular formula is C19H26B6F2N4O4. The summed E-state index contributed by atoms with van der Waals surface area (Å²) in [6.07, 6.45) is 1.74. The third kappa shape index (κ3) is 6.21. The zero-order valence-electron chi connectivity index (χ0n) is 21.0. The van der Waals surface area contributed by atoms with Crippen molar-refractivity contribution in [1.29, 1.82) is 0 Å². The highest BCUT2D eigenvalue weighted by Gasteiger charge is 2.37. The molecule has 178 valence electrons. The number of rotatable bonds is 7. The highest BCUT2D eigenvalue weighted by Crippen LogP contribution is 2.32. The molecule has 1 aromatic heterocycles. The van der Waals surface area contributed by atoms with Crippen LogP contribution in [0.1, 0.15) is 23.3 Å². The predicted molar refractivity (Wildman–Crippen MR) is 146 cm³/mol. The molecule has 0 atom stereocenters. The van der Waals surface area contributed by atoms with Crippen molar-refractivity contribution >= 4 is 64.4 Å². The molecule has 1 saturated heterocycles. The summed E-state index contributed by atoms with van der Waals surface area (Å²) in [5.41, 5.74) is 0.244. The van der Waals surface area contributed by atoms with E-state index in [0.29, 0.717) is 31.6 Å². The van der Waals surface area contributed by atoms with Gasteiger partial charge in [-0.1, -0.05) is 0 Å². The van der Waals surface area contributed by atoms with Gasteiger partial charge in [0.2, 0.25) is 0 Å². The number of carbonyl (C=O) groups is 1. The Hall–Kier alpha value is -2.91. The van der Waals surface area contributed by atoms with Gasteiger partial charge in [-0.3, -0.25) is 14.9 Å². The standard InChI is InChI=1S/C19H26B6F2N4O4/c20-18(21,22)30(19(23,24)25)17(32)13-8-14(15(9-28-13)31(33)34)29-5-3-11(4-6-29)35-16-2-1-10(26)7-12(16)27/h1-2,7-9,11H,3-6,20-25H2. The minimum Gasteiger partial charge on any atom is -0.487 e. The number of anilines is 1. The SMILES string of the molecule is BC(B)(B)N(C(=O)c1cc(N2CCC(Oc3ccc(F)cc3F)CC2)c([N+](=O)[O-])cn1)C(B)(B)B. The zero-order chi connectivity index (χ0) is 26.1. The smallest absolute Gasteiger partial charge is 0.310 e. The van der Waals surface area contributed by atoms with Crippen LogP contribution in [0.4, 0.5) is 20.2 Å². The molecule has 2 heterocycles. The number of halogens is 2. The van der Waals surface area contributed by atoms with Crippen LogP contribution in [0.15, 0.2) is 30.5 Å². The zero-order valence-corrected chi connectivity index (χ0v) is 21.0. The van der Waals surface area contributed by atoms with E-state index in [1.807, 2.05) is 52.0 Å². The summed E-state index contributed by atoms with van der Waals surface area (Å²) in [5, 5.41) is 10.7. The van der Waals surface area contributed by atoms with Gasteiger partial charge in [0.05, 0.1) is 4.92 Å². The maximum atomic E-state index is 13.9. The van der Waals surface area contributed by atoms with Crippen molar-refractivity contribution < 1.29 is 23.2 Å². The van der Waals surface area contributed by atoms with Crippen LogP contribution in [0, 0.1) is 21.7 Å². The van der Waals surface area contributed by atoms with E-state index in [9.17, 15) is 23.7 Å². The van der Waals surface area contributed by atoms with Gasteiger partial charge < -0.3 is 14.5 Å². The lowest BCUT2D eigenvalue weighted by atomic mass is 9.40. The van der Waals surface area contributed by atoms with Crippen molar-refractivity contribution in [2.75, 3.05) is 18.0 Å². The normalized spacial score (nSPS) is 15.0. The number of piperidine rings is 1. The Balaban J connectivity index is 1.83. The highest BCUT2D eigenvalue weighted by molar-refractivity contribution is 6.64. The van der Waals surface area contributed by atoms with E-state index in [2.05, 4.69) is 4.98 Å². The van der Waals surface area contributed by atoms with Gasteiger partial charge >= 0.3 is 5.69 Å². The first kappa shape index (κ1) is 26.7. The second kappa shape index (κ2) is 9.99. The van der Waals surface area contributed by atoms with Gasteiger partial charge in [-0.05, 0) is 28.7 Å². The number of amides is 1. The molecule has 1 amide bonds. The monoisotopic (exact) mass is 478 g/mol. The Kier molecular flexibility index (Phi) is 7.62. The lowest BCUT2D eigenvalue weighted by molar-refractivity contribution is -0.384. The first-order chi connectivity index (χ1) is 16.2. The van der Waals surface area contributed by atoms with Gasteiger partial charge in [0, 0.05) is 32.0 Å². The van der Waals surface area contributed by atoms with Crippen LogP contribution in [0.5, 0.6) is 5.75 Å². The molecule has 1 aromatic carbocycles. The molecule has 0 bridgehead atoms. The van der Waals surface area contributed by atoms with Crippen molar-refractivity contribution in [2.24, 2.45) is 0 Å². The summed E-state index contributed by atoms with van der Waals surface area (Å²) in [7, 11) is 11.6. The van der Waals surface area contributed by atoms with E-state index in [1.165, 1.54) is 12.1 Å². The number of hydrogen-bond donors (Lipinski definition) is 0. The number of nitro groups is 1. The predicted octanol–water partition coefficient (Wildman–Crippen LogP) is -3.22. The number of carbonyl (C=O) groups excluding carboxylic acids is 1. The van der Waals surface area contributed by atoms with E-state index in [4.69, 9.17) is 4.74 Å². The molecule has 35 heavy (non-hydrogen) atoms. The van der Waals surface area contributed by atoms with Gasteiger partial charge in [0.1, 0.15) is 76.6 Å². The summed E-state index contributed by atoms with van der Waals surface area (Å²) in [6.45, 7) is 0.794. The number of hydrogen-bond acceptors (Lipinski definition) is 6. The van der Waals surface area contributed by atoms with E-state index in [1.54, 1.807) is 4.90 Å². The number of pyridine rings is 1. The van der Waals surface area contributed by atoms with Gasteiger partial charge in [-0.25, -0.2) is 13.8 Å². The fraction of sp³-hybridized carbons (Fsp3) is 0.368. The van der Waals surface area contributed by atoms with Crippen LogP contribution in [-0.4, -0.2) is 97.5 Å². The van der Waals surface area contributed by atoms with Gasteiger partial charge in [-0.2, -0.15) is 0 Å². The second-order valence-electron chi connectivity index (χ2n) is 10.7. The van der Waals surface area contributed by atoms with Crippen LogP contribution < -0.4 is 9.64 Å².